The number of fused-ring (bicyclic) bond motifs is 1. The topological polar surface area (TPSA) is 61.8 Å². The monoisotopic (exact) mass is 397 g/mol. The van der Waals surface area contributed by atoms with Gasteiger partial charge in [0.25, 0.3) is 0 Å². The molecule has 0 bridgehead atoms. The summed E-state index contributed by atoms with van der Waals surface area (Å²) >= 11 is 0. The Morgan fingerprint density at radius 1 is 0.967 bits per heavy atom. The Kier molecular flexibility index (Phi) is 5.70. The third kappa shape index (κ3) is 4.15. The largest absolute Gasteiger partial charge is 0.324 e. The number of carbonyl (C=O) groups is 2. The van der Waals surface area contributed by atoms with Crippen LogP contribution in [0.25, 0.3) is 0 Å². The molecule has 0 aliphatic carbocycles. The standard InChI is InChI=1S/C25H23N3O2/c1-2-18-10-6-7-13-20(18)27-24(29)17-28-23-15-9-8-14-21(23)26-22(16-25(28)30)19-11-4-3-5-12-19/h3-15H,2,16-17H2,1H3,(H,27,29). The first kappa shape index (κ1) is 19.6. The van der Waals surface area contributed by atoms with Crippen molar-refractivity contribution >= 4 is 34.6 Å². The minimum absolute atomic E-state index is 0.0640. The van der Waals surface area contributed by atoms with Crippen LogP contribution in [-0.2, 0) is 16.0 Å². The molecule has 0 atom stereocenters. The number of aliphatic imine (C=N–C) groups is 1. The van der Waals surface area contributed by atoms with E-state index in [4.69, 9.17) is 4.99 Å². The smallest absolute Gasteiger partial charge is 0.244 e. The highest BCUT2D eigenvalue weighted by atomic mass is 16.2. The van der Waals surface area contributed by atoms with Crippen molar-refractivity contribution in [3.8, 4) is 0 Å². The number of nitrogens with one attached hydrogen (secondary N) is 1. The van der Waals surface area contributed by atoms with Crippen LogP contribution in [0.5, 0.6) is 0 Å². The first-order valence-electron chi connectivity index (χ1n) is 10.1. The highest BCUT2D eigenvalue weighted by Crippen LogP contribution is 2.32. The summed E-state index contributed by atoms with van der Waals surface area (Å²) in [5.74, 6) is -0.385. The maximum absolute atomic E-state index is 13.1. The van der Waals surface area contributed by atoms with Crippen LogP contribution in [0.3, 0.4) is 0 Å². The number of aryl methyl sites for hydroxylation is 1. The van der Waals surface area contributed by atoms with Crippen LogP contribution in [0.15, 0.2) is 83.9 Å². The molecule has 0 aromatic heterocycles. The molecule has 5 nitrogen and oxygen atoms in total. The van der Waals surface area contributed by atoms with Crippen LogP contribution in [0, 0.1) is 0 Å². The van der Waals surface area contributed by atoms with Gasteiger partial charge in [0.2, 0.25) is 11.8 Å². The average Bonchev–Trinajstić information content (AvgIpc) is 2.91. The third-order valence-electron chi connectivity index (χ3n) is 5.13. The van der Waals surface area contributed by atoms with Gasteiger partial charge in [-0.3, -0.25) is 14.6 Å². The Bertz CT molecular complexity index is 1110. The van der Waals surface area contributed by atoms with Crippen molar-refractivity contribution in [3.05, 3.63) is 90.0 Å². The van der Waals surface area contributed by atoms with Crippen molar-refractivity contribution in [2.24, 2.45) is 4.99 Å². The number of nitrogens with zero attached hydrogens (tertiary/aromatic N) is 2. The predicted molar refractivity (Wildman–Crippen MR) is 121 cm³/mol. The average molecular weight is 397 g/mol. The van der Waals surface area contributed by atoms with E-state index in [1.165, 1.54) is 4.90 Å². The van der Waals surface area contributed by atoms with E-state index < -0.39 is 0 Å². The van der Waals surface area contributed by atoms with E-state index >= 15 is 0 Å². The van der Waals surface area contributed by atoms with Gasteiger partial charge >= 0.3 is 0 Å². The Balaban J connectivity index is 1.61. The van der Waals surface area contributed by atoms with E-state index in [2.05, 4.69) is 5.32 Å². The number of anilines is 2. The van der Waals surface area contributed by atoms with Gasteiger partial charge in [0, 0.05) is 5.69 Å². The molecule has 4 rings (SSSR count). The maximum atomic E-state index is 13.1. The number of hydrogen-bond acceptors (Lipinski definition) is 3. The van der Waals surface area contributed by atoms with E-state index in [0.29, 0.717) is 17.1 Å². The molecule has 1 heterocycles. The van der Waals surface area contributed by atoms with Gasteiger partial charge in [0.1, 0.15) is 6.54 Å². The lowest BCUT2D eigenvalue weighted by Crippen LogP contribution is -2.38. The van der Waals surface area contributed by atoms with Crippen molar-refractivity contribution in [3.63, 3.8) is 0 Å². The zero-order valence-corrected chi connectivity index (χ0v) is 16.8. The van der Waals surface area contributed by atoms with E-state index in [1.54, 1.807) is 0 Å². The number of para-hydroxylation sites is 3. The molecule has 0 radical (unpaired) electrons. The molecule has 30 heavy (non-hydrogen) atoms. The van der Waals surface area contributed by atoms with Crippen molar-refractivity contribution in [1.29, 1.82) is 0 Å². The lowest BCUT2D eigenvalue weighted by atomic mass is 10.1. The Hall–Kier alpha value is -3.73. The van der Waals surface area contributed by atoms with Crippen LogP contribution in [0.2, 0.25) is 0 Å². The zero-order valence-electron chi connectivity index (χ0n) is 16.8. The van der Waals surface area contributed by atoms with Gasteiger partial charge in [0.15, 0.2) is 0 Å². The molecule has 1 N–H and O–H groups in total. The van der Waals surface area contributed by atoms with E-state index in [1.807, 2.05) is 85.8 Å². The number of carbonyl (C=O) groups excluding carboxylic acids is 2. The summed E-state index contributed by atoms with van der Waals surface area (Å²) in [7, 11) is 0. The lowest BCUT2D eigenvalue weighted by molar-refractivity contribution is -0.120. The van der Waals surface area contributed by atoms with E-state index in [0.717, 1.165) is 23.2 Å². The molecule has 1 aliphatic rings. The Labute approximate surface area is 176 Å². The Morgan fingerprint density at radius 3 is 2.47 bits per heavy atom. The molecule has 150 valence electrons. The van der Waals surface area contributed by atoms with E-state index in [9.17, 15) is 9.59 Å². The number of rotatable bonds is 5. The van der Waals surface area contributed by atoms with Crippen LogP contribution >= 0.6 is 0 Å². The SMILES string of the molecule is CCc1ccccc1NC(=O)CN1C(=O)CC(c2ccccc2)=Nc2ccccc21. The predicted octanol–water partition coefficient (Wildman–Crippen LogP) is 4.75. The summed E-state index contributed by atoms with van der Waals surface area (Å²) in [4.78, 5) is 32.2. The molecule has 1 aliphatic heterocycles. The Morgan fingerprint density at radius 2 is 1.67 bits per heavy atom. The van der Waals surface area contributed by atoms with Crippen LogP contribution in [0.4, 0.5) is 17.1 Å². The minimum atomic E-state index is -0.234. The fourth-order valence-electron chi connectivity index (χ4n) is 3.60. The number of benzene rings is 3. The van der Waals surface area contributed by atoms with Crippen molar-refractivity contribution in [1.82, 2.24) is 0 Å². The van der Waals surface area contributed by atoms with Gasteiger partial charge in [-0.05, 0) is 35.7 Å². The zero-order chi connectivity index (χ0) is 20.9. The molecular weight excluding hydrogens is 374 g/mol. The molecule has 3 aromatic rings. The van der Waals surface area contributed by atoms with Gasteiger partial charge < -0.3 is 10.2 Å². The van der Waals surface area contributed by atoms with Gasteiger partial charge in [0.05, 0.1) is 23.5 Å². The summed E-state index contributed by atoms with van der Waals surface area (Å²) in [5, 5.41) is 2.95. The van der Waals surface area contributed by atoms with E-state index in [-0.39, 0.29) is 24.8 Å². The molecule has 0 saturated carbocycles. The number of hydrogen-bond donors (Lipinski definition) is 1. The van der Waals surface area contributed by atoms with Crippen LogP contribution in [-0.4, -0.2) is 24.1 Å². The summed E-state index contributed by atoms with van der Waals surface area (Å²) in [5.41, 5.74) is 4.78. The molecular formula is C25H23N3O2. The molecule has 0 spiro atoms. The third-order valence-corrected chi connectivity index (χ3v) is 5.13. The normalized spacial score (nSPS) is 13.3. The summed E-state index contributed by atoms with van der Waals surface area (Å²) in [6, 6.07) is 24.8. The van der Waals surface area contributed by atoms with Crippen molar-refractivity contribution in [2.75, 3.05) is 16.8 Å². The minimum Gasteiger partial charge on any atom is -0.324 e. The molecule has 5 heteroatoms. The summed E-state index contributed by atoms with van der Waals surface area (Å²) in [6.07, 6.45) is 0.952. The van der Waals surface area contributed by atoms with Crippen LogP contribution < -0.4 is 10.2 Å². The first-order valence-corrected chi connectivity index (χ1v) is 10.1. The lowest BCUT2D eigenvalue weighted by Gasteiger charge is -2.22. The second-order valence-corrected chi connectivity index (χ2v) is 7.13. The first-order chi connectivity index (χ1) is 14.7. The second-order valence-electron chi connectivity index (χ2n) is 7.13. The van der Waals surface area contributed by atoms with Crippen molar-refractivity contribution < 1.29 is 9.59 Å². The quantitative estimate of drug-likeness (QED) is 0.676. The molecule has 0 saturated heterocycles. The summed E-state index contributed by atoms with van der Waals surface area (Å²) < 4.78 is 0. The summed E-state index contributed by atoms with van der Waals surface area (Å²) in [6.45, 7) is 1.98. The van der Waals surface area contributed by atoms with Crippen LogP contribution in [0.1, 0.15) is 24.5 Å². The van der Waals surface area contributed by atoms with Gasteiger partial charge in [-0.25, -0.2) is 0 Å². The fourth-order valence-corrected chi connectivity index (χ4v) is 3.60. The molecule has 3 aromatic carbocycles. The molecule has 0 unspecified atom stereocenters. The van der Waals surface area contributed by atoms with Gasteiger partial charge in [-0.1, -0.05) is 67.6 Å². The maximum Gasteiger partial charge on any atom is 0.244 e. The second kappa shape index (κ2) is 8.74. The highest BCUT2D eigenvalue weighted by molar-refractivity contribution is 6.19. The van der Waals surface area contributed by atoms with Gasteiger partial charge in [-0.2, -0.15) is 0 Å². The highest BCUT2D eigenvalue weighted by Gasteiger charge is 2.26. The fraction of sp³-hybridized carbons (Fsp3) is 0.160. The molecule has 2 amide bonds. The van der Waals surface area contributed by atoms with Crippen molar-refractivity contribution in [2.45, 2.75) is 19.8 Å². The van der Waals surface area contributed by atoms with Gasteiger partial charge in [-0.15, -0.1) is 0 Å². The number of amides is 2. The molecule has 0 fully saturated rings.